The van der Waals surface area contributed by atoms with Crippen LogP contribution in [0.4, 0.5) is 11.4 Å². The van der Waals surface area contributed by atoms with Crippen LogP contribution in [0.2, 0.25) is 5.02 Å². The third kappa shape index (κ3) is 5.80. The summed E-state index contributed by atoms with van der Waals surface area (Å²) in [5.41, 5.74) is 4.19. The summed E-state index contributed by atoms with van der Waals surface area (Å²) in [4.78, 5) is 29.3. The zero-order chi connectivity index (χ0) is 22.2. The first-order valence-corrected chi connectivity index (χ1v) is 9.39. The molecule has 0 saturated heterocycles. The average molecular weight is 440 g/mol. The predicted molar refractivity (Wildman–Crippen MR) is 115 cm³/mol. The summed E-state index contributed by atoms with van der Waals surface area (Å²) >= 11 is 5.79. The van der Waals surface area contributed by atoms with Gasteiger partial charge >= 0.3 is 5.97 Å². The van der Waals surface area contributed by atoms with E-state index < -0.39 is 11.9 Å². The summed E-state index contributed by atoms with van der Waals surface area (Å²) in [6.45, 7) is 0. The van der Waals surface area contributed by atoms with Crippen molar-refractivity contribution in [1.82, 2.24) is 0 Å². The number of anilines is 1. The minimum atomic E-state index is -0.555. The lowest BCUT2D eigenvalue weighted by molar-refractivity contribution is 0.0596. The fourth-order valence-corrected chi connectivity index (χ4v) is 2.60. The molecule has 0 saturated carbocycles. The van der Waals surface area contributed by atoms with E-state index >= 15 is 0 Å². The summed E-state index contributed by atoms with van der Waals surface area (Å²) in [7, 11) is 2.99. The van der Waals surface area contributed by atoms with E-state index in [9.17, 15) is 9.59 Å². The monoisotopic (exact) mass is 439 g/mol. The molecule has 0 aliphatic carbocycles. The summed E-state index contributed by atoms with van der Waals surface area (Å²) in [5, 5.41) is 8.17. The van der Waals surface area contributed by atoms with Crippen LogP contribution < -0.4 is 15.0 Å². The van der Waals surface area contributed by atoms with Crippen molar-refractivity contribution in [3.05, 3.63) is 82.9 Å². The van der Waals surface area contributed by atoms with E-state index in [2.05, 4.69) is 15.7 Å². The Kier molecular flexibility index (Phi) is 7.18. The molecule has 0 atom stereocenters. The van der Waals surface area contributed by atoms with Crippen LogP contribution in [0, 0.1) is 0 Å². The standard InChI is InChI=1S/C22H18ClN3O5/c1-29-19-12-5-15(13-20(19)30-2)21(27)25-24-17-8-10-18(11-9-17)26-31-22(28)14-3-6-16(23)7-4-14/h3-13,26H,1-2H3. The number of ether oxygens (including phenoxy) is 2. The number of methoxy groups -OCH3 is 2. The van der Waals surface area contributed by atoms with Gasteiger partial charge in [0, 0.05) is 10.6 Å². The zero-order valence-electron chi connectivity index (χ0n) is 16.7. The van der Waals surface area contributed by atoms with E-state index in [0.717, 1.165) is 0 Å². The number of nitrogens with zero attached hydrogens (tertiary/aromatic N) is 2. The Balaban J connectivity index is 1.58. The molecule has 0 heterocycles. The molecular weight excluding hydrogens is 422 g/mol. The number of hydrogen-bond donors (Lipinski definition) is 1. The second-order valence-corrected chi connectivity index (χ2v) is 6.56. The maximum atomic E-state index is 12.3. The molecule has 0 spiro atoms. The SMILES string of the molecule is COc1ccc(C(=O)N=Nc2ccc(NOC(=O)c3ccc(Cl)cc3)cc2)cc1OC. The van der Waals surface area contributed by atoms with Gasteiger partial charge in [-0.05, 0) is 66.7 Å². The number of azo groups is 1. The van der Waals surface area contributed by atoms with Crippen LogP contribution in [0.25, 0.3) is 0 Å². The molecule has 3 rings (SSSR count). The number of halogens is 1. The Bertz CT molecular complexity index is 1100. The van der Waals surface area contributed by atoms with Gasteiger partial charge in [-0.25, -0.2) is 10.3 Å². The van der Waals surface area contributed by atoms with Crippen LogP contribution in [-0.2, 0) is 4.84 Å². The van der Waals surface area contributed by atoms with Gasteiger partial charge in [0.1, 0.15) is 0 Å². The highest BCUT2D eigenvalue weighted by Crippen LogP contribution is 2.28. The summed E-state index contributed by atoms with van der Waals surface area (Å²) in [6, 6.07) is 17.5. The van der Waals surface area contributed by atoms with Gasteiger partial charge in [0.15, 0.2) is 11.5 Å². The summed E-state index contributed by atoms with van der Waals surface area (Å²) in [6.07, 6.45) is 0. The summed E-state index contributed by atoms with van der Waals surface area (Å²) < 4.78 is 10.3. The van der Waals surface area contributed by atoms with E-state index in [1.807, 2.05) is 0 Å². The molecule has 9 heteroatoms. The van der Waals surface area contributed by atoms with Crippen LogP contribution in [-0.4, -0.2) is 26.1 Å². The van der Waals surface area contributed by atoms with Crippen LogP contribution in [0.3, 0.4) is 0 Å². The molecule has 1 amide bonds. The van der Waals surface area contributed by atoms with Crippen molar-refractivity contribution in [2.24, 2.45) is 10.2 Å². The maximum absolute atomic E-state index is 12.3. The molecule has 0 aliphatic rings. The Labute approximate surface area is 183 Å². The number of rotatable bonds is 7. The number of hydrogen-bond acceptors (Lipinski definition) is 7. The van der Waals surface area contributed by atoms with Crippen LogP contribution in [0.15, 0.2) is 77.0 Å². The Morgan fingerprint density at radius 2 is 1.48 bits per heavy atom. The summed E-state index contributed by atoms with van der Waals surface area (Å²) in [5.74, 6) is -0.149. The molecular formula is C22H18ClN3O5. The van der Waals surface area contributed by atoms with E-state index in [1.54, 1.807) is 60.7 Å². The van der Waals surface area contributed by atoms with Crippen LogP contribution >= 0.6 is 11.6 Å². The Morgan fingerprint density at radius 3 is 2.13 bits per heavy atom. The van der Waals surface area contributed by atoms with E-state index in [1.165, 1.54) is 20.3 Å². The Morgan fingerprint density at radius 1 is 0.839 bits per heavy atom. The molecule has 0 fully saturated rings. The number of carbonyl (C=O) groups excluding carboxylic acids is 2. The minimum Gasteiger partial charge on any atom is -0.493 e. The Hall–Kier alpha value is -3.91. The highest BCUT2D eigenvalue weighted by molar-refractivity contribution is 6.30. The number of carbonyl (C=O) groups is 2. The normalized spacial score (nSPS) is 10.5. The highest BCUT2D eigenvalue weighted by Gasteiger charge is 2.10. The van der Waals surface area contributed by atoms with Crippen molar-refractivity contribution in [2.45, 2.75) is 0 Å². The molecule has 0 unspecified atom stereocenters. The van der Waals surface area contributed by atoms with Crippen molar-refractivity contribution in [3.8, 4) is 11.5 Å². The molecule has 3 aromatic carbocycles. The molecule has 0 aliphatic heterocycles. The average Bonchev–Trinajstić information content (AvgIpc) is 2.81. The first-order valence-electron chi connectivity index (χ1n) is 9.01. The first-order chi connectivity index (χ1) is 15.0. The quantitative estimate of drug-likeness (QED) is 0.387. The number of benzene rings is 3. The largest absolute Gasteiger partial charge is 0.493 e. The van der Waals surface area contributed by atoms with Gasteiger partial charge in [-0.1, -0.05) is 11.6 Å². The molecule has 0 bridgehead atoms. The molecule has 0 aromatic heterocycles. The van der Waals surface area contributed by atoms with Crippen LogP contribution in [0.1, 0.15) is 20.7 Å². The minimum absolute atomic E-state index is 0.314. The van der Waals surface area contributed by atoms with Gasteiger partial charge < -0.3 is 14.3 Å². The molecule has 1 N–H and O–H groups in total. The molecule has 158 valence electrons. The van der Waals surface area contributed by atoms with Gasteiger partial charge in [-0.2, -0.15) is 0 Å². The van der Waals surface area contributed by atoms with Crippen LogP contribution in [0.5, 0.6) is 11.5 Å². The predicted octanol–water partition coefficient (Wildman–Crippen LogP) is 5.47. The van der Waals surface area contributed by atoms with Gasteiger partial charge in [0.05, 0.1) is 31.2 Å². The molecule has 3 aromatic rings. The molecule has 8 nitrogen and oxygen atoms in total. The third-order valence-electron chi connectivity index (χ3n) is 4.10. The number of amides is 1. The zero-order valence-corrected chi connectivity index (χ0v) is 17.4. The van der Waals surface area contributed by atoms with Crippen molar-refractivity contribution in [2.75, 3.05) is 19.7 Å². The lowest BCUT2D eigenvalue weighted by atomic mass is 10.2. The van der Waals surface area contributed by atoms with Gasteiger partial charge in [0.25, 0.3) is 5.91 Å². The smallest absolute Gasteiger partial charge is 0.362 e. The second-order valence-electron chi connectivity index (χ2n) is 6.12. The van der Waals surface area contributed by atoms with Crippen molar-refractivity contribution in [1.29, 1.82) is 0 Å². The maximum Gasteiger partial charge on any atom is 0.362 e. The van der Waals surface area contributed by atoms with Crippen molar-refractivity contribution in [3.63, 3.8) is 0 Å². The first kappa shape index (κ1) is 21.8. The lowest BCUT2D eigenvalue weighted by Crippen LogP contribution is -2.10. The van der Waals surface area contributed by atoms with Gasteiger partial charge in [-0.3, -0.25) is 4.79 Å². The second kappa shape index (κ2) is 10.2. The third-order valence-corrected chi connectivity index (χ3v) is 4.35. The van der Waals surface area contributed by atoms with E-state index in [0.29, 0.717) is 39.0 Å². The fraction of sp³-hybridized carbons (Fsp3) is 0.0909. The van der Waals surface area contributed by atoms with Crippen molar-refractivity contribution >= 4 is 34.9 Å². The van der Waals surface area contributed by atoms with Gasteiger partial charge in [0.2, 0.25) is 0 Å². The fourth-order valence-electron chi connectivity index (χ4n) is 2.48. The van der Waals surface area contributed by atoms with Crippen molar-refractivity contribution < 1.29 is 23.9 Å². The lowest BCUT2D eigenvalue weighted by Gasteiger charge is -2.07. The van der Waals surface area contributed by atoms with Gasteiger partial charge in [-0.15, -0.1) is 10.2 Å². The topological polar surface area (TPSA) is 98.6 Å². The molecule has 31 heavy (non-hydrogen) atoms. The highest BCUT2D eigenvalue weighted by atomic mass is 35.5. The van der Waals surface area contributed by atoms with E-state index in [4.69, 9.17) is 25.9 Å². The van der Waals surface area contributed by atoms with E-state index in [-0.39, 0.29) is 0 Å². The molecule has 0 radical (unpaired) electrons. The number of nitrogens with one attached hydrogen (secondary N) is 1.